The van der Waals surface area contributed by atoms with Gasteiger partial charge in [0.25, 0.3) is 0 Å². The van der Waals surface area contributed by atoms with Crippen molar-refractivity contribution in [3.05, 3.63) is 81.0 Å². The van der Waals surface area contributed by atoms with Crippen molar-refractivity contribution >= 4 is 28.5 Å². The summed E-state index contributed by atoms with van der Waals surface area (Å²) in [7, 11) is 0. The summed E-state index contributed by atoms with van der Waals surface area (Å²) in [6, 6.07) is 10.9. The van der Waals surface area contributed by atoms with Gasteiger partial charge in [0.2, 0.25) is 5.82 Å². The first kappa shape index (κ1) is 24.3. The monoisotopic (exact) mass is 513 g/mol. The van der Waals surface area contributed by atoms with Crippen LogP contribution in [0.2, 0.25) is 0 Å². The quantitative estimate of drug-likeness (QED) is 0.398. The lowest BCUT2D eigenvalue weighted by Gasteiger charge is -2.28. The molecule has 0 aliphatic carbocycles. The van der Waals surface area contributed by atoms with Crippen LogP contribution in [0.15, 0.2) is 51.7 Å². The Morgan fingerprint density at radius 3 is 2.65 bits per heavy atom. The molecule has 2 N–H and O–H groups in total. The minimum atomic E-state index is -4.61. The van der Waals surface area contributed by atoms with E-state index < -0.39 is 24.0 Å². The highest BCUT2D eigenvalue weighted by Gasteiger charge is 2.39. The molecule has 12 heteroatoms. The van der Waals surface area contributed by atoms with Crippen molar-refractivity contribution in [2.45, 2.75) is 39.2 Å². The van der Waals surface area contributed by atoms with Crippen LogP contribution in [-0.4, -0.2) is 32.4 Å². The lowest BCUT2D eigenvalue weighted by molar-refractivity contribution is -0.147. The molecule has 2 aromatic carbocycles. The summed E-state index contributed by atoms with van der Waals surface area (Å²) in [6.45, 7) is 3.77. The molecule has 37 heavy (non-hydrogen) atoms. The molecule has 1 aliphatic rings. The first-order valence-corrected chi connectivity index (χ1v) is 11.4. The van der Waals surface area contributed by atoms with E-state index in [2.05, 4.69) is 15.5 Å². The van der Waals surface area contributed by atoms with Gasteiger partial charge in [0.05, 0.1) is 23.5 Å². The van der Waals surface area contributed by atoms with Crippen molar-refractivity contribution in [1.82, 2.24) is 14.8 Å². The van der Waals surface area contributed by atoms with Gasteiger partial charge >= 0.3 is 12.1 Å². The van der Waals surface area contributed by atoms with Crippen LogP contribution in [0, 0.1) is 6.92 Å². The van der Waals surface area contributed by atoms with Gasteiger partial charge in [-0.15, -0.1) is 10.2 Å². The van der Waals surface area contributed by atoms with E-state index in [4.69, 9.17) is 4.42 Å². The number of rotatable bonds is 5. The number of nitrogens with one attached hydrogen (secondary N) is 1. The van der Waals surface area contributed by atoms with Gasteiger partial charge in [-0.05, 0) is 37.6 Å². The average molecular weight is 513 g/mol. The number of hydrogen-bond donors (Lipinski definition) is 2. The van der Waals surface area contributed by atoms with E-state index in [0.29, 0.717) is 22.2 Å². The van der Waals surface area contributed by atoms with Crippen molar-refractivity contribution in [3.63, 3.8) is 0 Å². The van der Waals surface area contributed by atoms with Gasteiger partial charge < -0.3 is 24.3 Å². The van der Waals surface area contributed by atoms with E-state index in [9.17, 15) is 27.9 Å². The first-order valence-electron chi connectivity index (χ1n) is 11.4. The Morgan fingerprint density at radius 2 is 1.92 bits per heavy atom. The van der Waals surface area contributed by atoms with Gasteiger partial charge in [-0.3, -0.25) is 4.79 Å². The van der Waals surface area contributed by atoms with Crippen molar-refractivity contribution in [2.24, 2.45) is 0 Å². The lowest BCUT2D eigenvalue weighted by atomic mass is 10.0. The van der Waals surface area contributed by atoms with E-state index in [0.717, 1.165) is 10.1 Å². The molecular weight excluding hydrogens is 491 g/mol. The number of aryl methyl sites for hydroxylation is 1. The second-order valence-electron chi connectivity index (χ2n) is 8.91. The van der Waals surface area contributed by atoms with Crippen LogP contribution < -0.4 is 15.6 Å². The van der Waals surface area contributed by atoms with Gasteiger partial charge in [-0.25, -0.2) is 4.79 Å². The predicted octanol–water partition coefficient (Wildman–Crippen LogP) is 4.60. The van der Waals surface area contributed by atoms with E-state index in [1.165, 1.54) is 12.1 Å². The maximum absolute atomic E-state index is 13.2. The number of anilines is 2. The van der Waals surface area contributed by atoms with Crippen LogP contribution in [0.3, 0.4) is 0 Å². The average Bonchev–Trinajstić information content (AvgIpc) is 3.28. The minimum absolute atomic E-state index is 0.0154. The molecule has 0 spiro atoms. The Bertz CT molecular complexity index is 1580. The summed E-state index contributed by atoms with van der Waals surface area (Å²) in [5, 5.41) is 20.0. The number of para-hydroxylation sites is 1. The molecule has 0 fully saturated rings. The number of halogens is 3. The highest BCUT2D eigenvalue weighted by Crippen LogP contribution is 2.33. The summed E-state index contributed by atoms with van der Waals surface area (Å²) in [4.78, 5) is 26.4. The van der Waals surface area contributed by atoms with Gasteiger partial charge in [0.1, 0.15) is 5.58 Å². The van der Waals surface area contributed by atoms with Crippen molar-refractivity contribution in [3.8, 4) is 0 Å². The number of fused-ring (bicyclic) bond motifs is 2. The van der Waals surface area contributed by atoms with E-state index >= 15 is 0 Å². The molecule has 0 saturated heterocycles. The summed E-state index contributed by atoms with van der Waals surface area (Å²) in [5.41, 5.74) is 1.96. The molecule has 0 amide bonds. The second kappa shape index (κ2) is 8.95. The Kier molecular flexibility index (Phi) is 5.89. The van der Waals surface area contributed by atoms with Crippen molar-refractivity contribution in [1.29, 1.82) is 0 Å². The summed E-state index contributed by atoms with van der Waals surface area (Å²) >= 11 is 0. The Labute approximate surface area is 208 Å². The third-order valence-corrected chi connectivity index (χ3v) is 6.30. The maximum atomic E-state index is 13.2. The summed E-state index contributed by atoms with van der Waals surface area (Å²) in [5.74, 6) is -1.82. The minimum Gasteiger partial charge on any atom is -0.478 e. The maximum Gasteiger partial charge on any atom is 0.451 e. The van der Waals surface area contributed by atoms with Crippen LogP contribution in [-0.2, 0) is 19.3 Å². The highest BCUT2D eigenvalue weighted by atomic mass is 19.4. The third kappa shape index (κ3) is 4.50. The number of carboxylic acids is 1. The van der Waals surface area contributed by atoms with Gasteiger partial charge in [-0.2, -0.15) is 13.2 Å². The van der Waals surface area contributed by atoms with Crippen molar-refractivity contribution in [2.75, 3.05) is 16.8 Å². The largest absolute Gasteiger partial charge is 0.478 e. The molecule has 9 nitrogen and oxygen atoms in total. The Hall–Kier alpha value is -4.35. The molecule has 4 aromatic rings. The second-order valence-corrected chi connectivity index (χ2v) is 8.91. The predicted molar refractivity (Wildman–Crippen MR) is 129 cm³/mol. The number of alkyl halides is 3. The molecule has 0 saturated carbocycles. The Balaban J connectivity index is 1.53. The van der Waals surface area contributed by atoms with Gasteiger partial charge in [0, 0.05) is 30.4 Å². The third-order valence-electron chi connectivity index (χ3n) is 6.30. The zero-order valence-corrected chi connectivity index (χ0v) is 19.8. The van der Waals surface area contributed by atoms with Crippen LogP contribution in [0.25, 0.3) is 11.0 Å². The number of aromatic carboxylic acids is 1. The zero-order chi connectivity index (χ0) is 26.5. The van der Waals surface area contributed by atoms with Crippen LogP contribution in [0.1, 0.15) is 46.1 Å². The zero-order valence-electron chi connectivity index (χ0n) is 19.8. The molecule has 0 bridgehead atoms. The molecule has 1 unspecified atom stereocenters. The molecule has 2 aromatic heterocycles. The fourth-order valence-electron chi connectivity index (χ4n) is 4.56. The number of nitrogens with zero attached hydrogens (tertiary/aromatic N) is 4. The number of carboxylic acid groups (broad SMARTS) is 1. The van der Waals surface area contributed by atoms with Crippen molar-refractivity contribution < 1.29 is 27.5 Å². The molecule has 3 heterocycles. The van der Waals surface area contributed by atoms with Crippen LogP contribution >= 0.6 is 0 Å². The molecule has 1 atom stereocenters. The molecule has 5 rings (SSSR count). The lowest BCUT2D eigenvalue weighted by Crippen LogP contribution is -2.35. The van der Waals surface area contributed by atoms with E-state index in [-0.39, 0.29) is 42.3 Å². The van der Waals surface area contributed by atoms with E-state index in [1.54, 1.807) is 29.2 Å². The van der Waals surface area contributed by atoms with Crippen LogP contribution in [0.5, 0.6) is 0 Å². The molecule has 192 valence electrons. The summed E-state index contributed by atoms with van der Waals surface area (Å²) < 4.78 is 46.8. The number of carbonyl (C=O) groups is 1. The summed E-state index contributed by atoms with van der Waals surface area (Å²) in [6.07, 6.45) is -4.61. The fraction of sp³-hybridized carbons (Fsp3) is 0.280. The fourth-order valence-corrected chi connectivity index (χ4v) is 4.56. The molecule has 1 aliphatic heterocycles. The molecule has 0 radical (unpaired) electrons. The first-order chi connectivity index (χ1) is 17.5. The van der Waals surface area contributed by atoms with Gasteiger partial charge in [-0.1, -0.05) is 18.2 Å². The number of aromatic nitrogens is 3. The number of benzene rings is 2. The number of hydrogen-bond acceptors (Lipinski definition) is 7. The van der Waals surface area contributed by atoms with Gasteiger partial charge in [0.15, 0.2) is 17.1 Å². The van der Waals surface area contributed by atoms with E-state index in [1.807, 2.05) is 19.9 Å². The smallest absolute Gasteiger partial charge is 0.451 e. The molecular formula is C25H22F3N5O4. The van der Waals surface area contributed by atoms with Crippen LogP contribution in [0.4, 0.5) is 24.7 Å². The normalized spacial score (nSPS) is 14.5. The SMILES string of the molecule is Cc1cc(C(C)Nc2ccccc2C(=O)O)c2oc(N3CCn4c(nnc4C(F)(F)F)C3)cc(=O)c2c1. The topological polar surface area (TPSA) is 113 Å². The standard InChI is InChI=1S/C25H22F3N5O4/c1-13-9-16(14(2)29-18-6-4-3-5-15(18)23(35)36)22-17(10-13)19(34)11-21(37-22)32-7-8-33-20(12-32)30-31-24(33)25(26,27)28/h3-6,9-11,14,29H,7-8,12H2,1-2H3,(H,35,36). The highest BCUT2D eigenvalue weighted by molar-refractivity contribution is 5.94. The Morgan fingerprint density at radius 1 is 1.16 bits per heavy atom.